The maximum Gasteiger partial charge on any atom is 0.417 e. The lowest BCUT2D eigenvalue weighted by atomic mass is 10.1. The number of hydrogen-bond acceptors (Lipinski definition) is 5. The molecule has 1 aromatic carbocycles. The van der Waals surface area contributed by atoms with Crippen molar-refractivity contribution in [2.24, 2.45) is 0 Å². The summed E-state index contributed by atoms with van der Waals surface area (Å²) in [6, 6.07) is 6.60. The van der Waals surface area contributed by atoms with E-state index in [0.717, 1.165) is 12.1 Å². The Morgan fingerprint density at radius 1 is 1.29 bits per heavy atom. The van der Waals surface area contributed by atoms with Crippen LogP contribution in [0.15, 0.2) is 47.6 Å². The Morgan fingerprint density at radius 2 is 2.04 bits per heavy atom. The molecule has 11 heteroatoms. The summed E-state index contributed by atoms with van der Waals surface area (Å²) >= 11 is 0. The van der Waals surface area contributed by atoms with Gasteiger partial charge >= 0.3 is 6.18 Å². The molecule has 1 aliphatic heterocycles. The van der Waals surface area contributed by atoms with Crippen LogP contribution in [0.1, 0.15) is 22.7 Å². The molecule has 0 bridgehead atoms. The van der Waals surface area contributed by atoms with E-state index in [2.05, 4.69) is 10.3 Å². The van der Waals surface area contributed by atoms with E-state index in [-0.39, 0.29) is 23.8 Å². The van der Waals surface area contributed by atoms with Crippen LogP contribution < -0.4 is 5.32 Å². The molecule has 0 spiro atoms. The van der Waals surface area contributed by atoms with Gasteiger partial charge in [-0.15, -0.1) is 12.4 Å². The van der Waals surface area contributed by atoms with Gasteiger partial charge in [0.05, 0.1) is 28.1 Å². The van der Waals surface area contributed by atoms with E-state index in [1.165, 1.54) is 10.4 Å². The van der Waals surface area contributed by atoms with Crippen molar-refractivity contribution in [1.82, 2.24) is 14.6 Å². The minimum absolute atomic E-state index is 0. The molecule has 1 aliphatic rings. The van der Waals surface area contributed by atoms with Gasteiger partial charge in [-0.2, -0.15) is 22.7 Å². The van der Waals surface area contributed by atoms with Crippen LogP contribution in [0.3, 0.4) is 0 Å². The van der Waals surface area contributed by atoms with Crippen LogP contribution in [0.2, 0.25) is 0 Å². The third-order valence-corrected chi connectivity index (χ3v) is 6.19. The van der Waals surface area contributed by atoms with Gasteiger partial charge in [0.15, 0.2) is 0 Å². The van der Waals surface area contributed by atoms with E-state index < -0.39 is 33.4 Å². The van der Waals surface area contributed by atoms with Crippen LogP contribution in [0, 0.1) is 11.3 Å². The molecule has 1 atom stereocenters. The third-order valence-electron chi connectivity index (χ3n) is 4.29. The second kappa shape index (κ2) is 8.45. The van der Waals surface area contributed by atoms with Gasteiger partial charge in [-0.3, -0.25) is 4.98 Å². The molecule has 0 amide bonds. The molecule has 1 aromatic heterocycles. The van der Waals surface area contributed by atoms with Crippen LogP contribution in [-0.2, 0) is 16.2 Å². The molecule has 6 nitrogen and oxygen atoms in total. The van der Waals surface area contributed by atoms with E-state index in [0.29, 0.717) is 24.7 Å². The predicted octanol–water partition coefficient (Wildman–Crippen LogP) is 2.73. The highest BCUT2D eigenvalue weighted by molar-refractivity contribution is 7.89. The molecule has 0 radical (unpaired) electrons. The second-order valence-corrected chi connectivity index (χ2v) is 7.83. The standard InChI is InChI=1S/C17H15F3N4O2S.ClH/c18-17(19,20)15-4-3-14(8-13(15)9-21)27(25,26)24-7-6-23-11-16(24)12-2-1-5-22-10-12;/h1-5,8,10,16,23H,6-7,11H2;1H. The summed E-state index contributed by atoms with van der Waals surface area (Å²) in [5, 5.41) is 12.1. The highest BCUT2D eigenvalue weighted by Gasteiger charge is 2.37. The van der Waals surface area contributed by atoms with Crippen molar-refractivity contribution in [3.63, 3.8) is 0 Å². The fraction of sp³-hybridized carbons (Fsp3) is 0.294. The molecule has 1 N–H and O–H groups in total. The fourth-order valence-corrected chi connectivity index (χ4v) is 4.63. The van der Waals surface area contributed by atoms with Crippen LogP contribution in [0.5, 0.6) is 0 Å². The number of halogens is 4. The molecule has 28 heavy (non-hydrogen) atoms. The van der Waals surface area contributed by atoms with Gasteiger partial charge in [0.1, 0.15) is 0 Å². The minimum Gasteiger partial charge on any atom is -0.313 e. The molecule has 0 saturated carbocycles. The first kappa shape index (κ1) is 22.1. The number of rotatable bonds is 3. The van der Waals surface area contributed by atoms with Crippen molar-refractivity contribution in [2.75, 3.05) is 19.6 Å². The zero-order valence-electron chi connectivity index (χ0n) is 14.3. The summed E-state index contributed by atoms with van der Waals surface area (Å²) in [6.07, 6.45) is -1.62. The smallest absolute Gasteiger partial charge is 0.313 e. The lowest BCUT2D eigenvalue weighted by molar-refractivity contribution is -0.137. The van der Waals surface area contributed by atoms with Gasteiger partial charge in [0, 0.05) is 32.0 Å². The first-order valence-electron chi connectivity index (χ1n) is 7.99. The zero-order chi connectivity index (χ0) is 19.7. The fourth-order valence-electron chi connectivity index (χ4n) is 2.99. The first-order valence-corrected chi connectivity index (χ1v) is 9.43. The van der Waals surface area contributed by atoms with Gasteiger partial charge in [-0.1, -0.05) is 6.07 Å². The Labute approximate surface area is 166 Å². The number of aromatic nitrogens is 1. The summed E-state index contributed by atoms with van der Waals surface area (Å²) in [7, 11) is -4.11. The van der Waals surface area contributed by atoms with Crippen molar-refractivity contribution in [3.8, 4) is 6.07 Å². The van der Waals surface area contributed by atoms with Gasteiger partial charge in [-0.05, 0) is 29.8 Å². The van der Waals surface area contributed by atoms with E-state index in [1.54, 1.807) is 24.5 Å². The number of nitrogens with one attached hydrogen (secondary N) is 1. The van der Waals surface area contributed by atoms with Crippen molar-refractivity contribution in [2.45, 2.75) is 17.1 Å². The molecule has 150 valence electrons. The summed E-state index contributed by atoms with van der Waals surface area (Å²) < 4.78 is 66.3. The Kier molecular flexibility index (Phi) is 6.67. The Morgan fingerprint density at radius 3 is 2.64 bits per heavy atom. The zero-order valence-corrected chi connectivity index (χ0v) is 16.0. The van der Waals surface area contributed by atoms with E-state index in [4.69, 9.17) is 5.26 Å². The number of hydrogen-bond donors (Lipinski definition) is 1. The average molecular weight is 433 g/mol. The maximum absolute atomic E-state index is 13.1. The lowest BCUT2D eigenvalue weighted by Gasteiger charge is -2.35. The van der Waals surface area contributed by atoms with Gasteiger partial charge in [-0.25, -0.2) is 8.42 Å². The molecule has 3 rings (SSSR count). The van der Waals surface area contributed by atoms with Crippen LogP contribution in [0.4, 0.5) is 13.2 Å². The van der Waals surface area contributed by atoms with Crippen molar-refractivity contribution >= 4 is 22.4 Å². The van der Waals surface area contributed by atoms with E-state index in [9.17, 15) is 21.6 Å². The topological polar surface area (TPSA) is 86.1 Å². The Hall–Kier alpha value is -2.19. The van der Waals surface area contributed by atoms with Crippen molar-refractivity contribution in [3.05, 3.63) is 59.4 Å². The van der Waals surface area contributed by atoms with Crippen molar-refractivity contribution < 1.29 is 21.6 Å². The average Bonchev–Trinajstić information content (AvgIpc) is 2.67. The first-order chi connectivity index (χ1) is 12.7. The summed E-state index contributed by atoms with van der Waals surface area (Å²) in [5.41, 5.74) is -1.22. The van der Waals surface area contributed by atoms with Crippen molar-refractivity contribution in [1.29, 1.82) is 5.26 Å². The second-order valence-electron chi connectivity index (χ2n) is 5.94. The summed E-state index contributed by atoms with van der Waals surface area (Å²) in [6.45, 7) is 0.892. The molecular weight excluding hydrogens is 417 g/mol. The summed E-state index contributed by atoms with van der Waals surface area (Å²) in [5.74, 6) is 0. The highest BCUT2D eigenvalue weighted by Crippen LogP contribution is 2.34. The van der Waals surface area contributed by atoms with E-state index in [1.807, 2.05) is 0 Å². The van der Waals surface area contributed by atoms with Gasteiger partial charge in [0.25, 0.3) is 0 Å². The molecular formula is C17H16ClF3N4O2S. The molecule has 1 unspecified atom stereocenters. The lowest BCUT2D eigenvalue weighted by Crippen LogP contribution is -2.48. The number of alkyl halides is 3. The summed E-state index contributed by atoms with van der Waals surface area (Å²) in [4.78, 5) is 3.65. The quantitative estimate of drug-likeness (QED) is 0.806. The third kappa shape index (κ3) is 4.28. The number of sulfonamides is 1. The highest BCUT2D eigenvalue weighted by atomic mass is 35.5. The maximum atomic E-state index is 13.1. The molecule has 1 saturated heterocycles. The molecule has 2 heterocycles. The van der Waals surface area contributed by atoms with Gasteiger partial charge in [0.2, 0.25) is 10.0 Å². The predicted molar refractivity (Wildman–Crippen MR) is 97.1 cm³/mol. The molecule has 0 aliphatic carbocycles. The number of pyridine rings is 1. The largest absolute Gasteiger partial charge is 0.417 e. The van der Waals surface area contributed by atoms with Crippen LogP contribution >= 0.6 is 12.4 Å². The normalized spacial score (nSPS) is 18.1. The Balaban J connectivity index is 0.00000280. The Bertz CT molecular complexity index is 978. The number of piperazine rings is 1. The monoisotopic (exact) mass is 432 g/mol. The number of benzene rings is 1. The van der Waals surface area contributed by atoms with E-state index >= 15 is 0 Å². The molecule has 2 aromatic rings. The van der Waals surface area contributed by atoms with Gasteiger partial charge < -0.3 is 5.32 Å². The number of nitrogens with zero attached hydrogens (tertiary/aromatic N) is 3. The molecule has 1 fully saturated rings. The number of nitriles is 1. The van der Waals surface area contributed by atoms with Crippen LogP contribution in [0.25, 0.3) is 0 Å². The minimum atomic E-state index is -4.74. The SMILES string of the molecule is Cl.N#Cc1cc(S(=O)(=O)N2CCNCC2c2cccnc2)ccc1C(F)(F)F. The van der Waals surface area contributed by atoms with Crippen LogP contribution in [-0.4, -0.2) is 37.3 Å².